The maximum Gasteiger partial charge on any atom is 0.339 e. The lowest BCUT2D eigenvalue weighted by molar-refractivity contribution is -0.436. The lowest BCUT2D eigenvalue weighted by atomic mass is 10.0. The number of benzene rings is 2. The first-order chi connectivity index (χ1) is 11.5. The summed E-state index contributed by atoms with van der Waals surface area (Å²) in [7, 11) is 0. The van der Waals surface area contributed by atoms with Crippen molar-refractivity contribution in [3.63, 3.8) is 0 Å². The number of fused-ring (bicyclic) bond motifs is 1. The van der Waals surface area contributed by atoms with E-state index in [0.29, 0.717) is 11.6 Å². The molecule has 8 heteroatoms. The molecule has 0 amide bonds. The number of ether oxygens (including phenoxy) is 1. The molecule has 0 aliphatic carbocycles. The van der Waals surface area contributed by atoms with Gasteiger partial charge in [-0.3, -0.25) is 10.1 Å². The van der Waals surface area contributed by atoms with Gasteiger partial charge in [-0.1, -0.05) is 18.2 Å². The highest BCUT2D eigenvalue weighted by atomic mass is 19.1. The van der Waals surface area contributed by atoms with E-state index in [0.717, 1.165) is 18.3 Å². The molecule has 0 saturated heterocycles. The molecule has 0 fully saturated rings. The van der Waals surface area contributed by atoms with Crippen LogP contribution in [0.15, 0.2) is 54.4 Å². The highest BCUT2D eigenvalue weighted by Gasteiger charge is 2.39. The molecule has 1 unspecified atom stereocenters. The highest BCUT2D eigenvalue weighted by Crippen LogP contribution is 2.35. The van der Waals surface area contributed by atoms with E-state index in [-0.39, 0.29) is 11.3 Å². The number of carbonyl (C=O) groups excluding carboxylic acids is 1. The zero-order valence-corrected chi connectivity index (χ0v) is 12.0. The van der Waals surface area contributed by atoms with Crippen molar-refractivity contribution in [2.45, 2.75) is 6.10 Å². The number of nitro groups is 1. The van der Waals surface area contributed by atoms with Gasteiger partial charge in [-0.05, 0) is 18.2 Å². The first kappa shape index (κ1) is 15.6. The molecule has 0 radical (unpaired) electrons. The van der Waals surface area contributed by atoms with Crippen LogP contribution in [0.3, 0.4) is 0 Å². The fourth-order valence-electron chi connectivity index (χ4n) is 2.35. The summed E-state index contributed by atoms with van der Waals surface area (Å²) in [5.74, 6) is -2.34. The summed E-state index contributed by atoms with van der Waals surface area (Å²) in [6.07, 6.45) is -0.282. The van der Waals surface area contributed by atoms with Gasteiger partial charge in [0.15, 0.2) is 0 Å². The van der Waals surface area contributed by atoms with Crippen molar-refractivity contribution in [1.82, 2.24) is 0 Å². The van der Waals surface area contributed by atoms with Gasteiger partial charge in [-0.2, -0.15) is 0 Å². The van der Waals surface area contributed by atoms with Crippen molar-refractivity contribution < 1.29 is 23.2 Å². The number of hydrogen-bond acceptors (Lipinski definition) is 5. The van der Waals surface area contributed by atoms with Gasteiger partial charge in [0.2, 0.25) is 6.10 Å². The molecular weight excluding hydrogens is 322 g/mol. The van der Waals surface area contributed by atoms with Gasteiger partial charge in [0.25, 0.3) is 0 Å². The Morgan fingerprint density at radius 3 is 2.71 bits per heavy atom. The number of anilines is 1. The molecule has 2 aromatic carbocycles. The molecule has 1 heterocycles. The molecule has 6 nitrogen and oxygen atoms in total. The molecule has 1 atom stereocenters. The van der Waals surface area contributed by atoms with E-state index < -0.39 is 34.3 Å². The van der Waals surface area contributed by atoms with Gasteiger partial charge in [0, 0.05) is 11.6 Å². The summed E-state index contributed by atoms with van der Waals surface area (Å²) in [4.78, 5) is 22.4. The van der Waals surface area contributed by atoms with E-state index in [2.05, 4.69) is 5.32 Å². The van der Waals surface area contributed by atoms with Crippen LogP contribution in [0.2, 0.25) is 0 Å². The van der Waals surface area contributed by atoms with Crippen molar-refractivity contribution >= 4 is 11.7 Å². The minimum absolute atomic E-state index is 0.145. The van der Waals surface area contributed by atoms with Crippen LogP contribution < -0.4 is 5.32 Å². The lowest BCUT2D eigenvalue weighted by Gasteiger charge is -2.09. The minimum Gasteiger partial charge on any atom is -0.442 e. The maximum atomic E-state index is 13.6. The van der Waals surface area contributed by atoms with E-state index in [4.69, 9.17) is 4.74 Å². The van der Waals surface area contributed by atoms with E-state index in [9.17, 15) is 23.7 Å². The van der Waals surface area contributed by atoms with E-state index in [1.807, 2.05) is 0 Å². The standard InChI is InChI=1S/C16H10F2N2O4/c17-9-5-6-13(12(18)7-9)19-8-14(20(22)23)15-10-3-1-2-4-11(10)16(21)24-15/h1-8,15,19H/b14-8+. The second-order valence-electron chi connectivity index (χ2n) is 4.97. The van der Waals surface area contributed by atoms with Gasteiger partial charge in [-0.25, -0.2) is 13.6 Å². The van der Waals surface area contributed by atoms with Crippen molar-refractivity contribution in [3.05, 3.63) is 87.2 Å². The quantitative estimate of drug-likeness (QED) is 0.527. The summed E-state index contributed by atoms with van der Waals surface area (Å²) in [6.45, 7) is 0. The Kier molecular flexibility index (Phi) is 3.95. The number of rotatable bonds is 4. The van der Waals surface area contributed by atoms with E-state index >= 15 is 0 Å². The van der Waals surface area contributed by atoms with E-state index in [1.54, 1.807) is 18.2 Å². The zero-order chi connectivity index (χ0) is 17.3. The Hall–Kier alpha value is -3.29. The van der Waals surface area contributed by atoms with Crippen LogP contribution in [0, 0.1) is 21.7 Å². The second kappa shape index (κ2) is 6.07. The number of nitrogens with zero attached hydrogens (tertiary/aromatic N) is 1. The van der Waals surface area contributed by atoms with Crippen LogP contribution in [-0.2, 0) is 4.74 Å². The number of hydrogen-bond donors (Lipinski definition) is 1. The zero-order valence-electron chi connectivity index (χ0n) is 12.0. The summed E-state index contributed by atoms with van der Waals surface area (Å²) in [6, 6.07) is 9.04. The van der Waals surface area contributed by atoms with Gasteiger partial charge < -0.3 is 10.1 Å². The lowest BCUT2D eigenvalue weighted by Crippen LogP contribution is -2.12. The molecule has 122 valence electrons. The first-order valence-electron chi connectivity index (χ1n) is 6.83. The fourth-order valence-corrected chi connectivity index (χ4v) is 2.35. The Bertz CT molecular complexity index is 867. The van der Waals surface area contributed by atoms with Crippen LogP contribution in [0.1, 0.15) is 22.0 Å². The van der Waals surface area contributed by atoms with Crippen LogP contribution in [0.25, 0.3) is 0 Å². The molecular formula is C16H10F2N2O4. The molecule has 24 heavy (non-hydrogen) atoms. The molecule has 2 aromatic rings. The molecule has 1 aliphatic rings. The average molecular weight is 332 g/mol. The molecule has 1 N–H and O–H groups in total. The number of cyclic esters (lactones) is 1. The molecule has 0 saturated carbocycles. The summed E-state index contributed by atoms with van der Waals surface area (Å²) in [5, 5.41) is 13.7. The average Bonchev–Trinajstić information content (AvgIpc) is 2.87. The SMILES string of the molecule is O=C1OC(/C(=C\Nc2ccc(F)cc2F)[N+](=O)[O-])c2ccccc21. The molecule has 0 spiro atoms. The summed E-state index contributed by atoms with van der Waals surface area (Å²) < 4.78 is 31.5. The Morgan fingerprint density at radius 2 is 2.00 bits per heavy atom. The Balaban J connectivity index is 1.94. The van der Waals surface area contributed by atoms with Gasteiger partial charge in [0.1, 0.15) is 11.6 Å². The fraction of sp³-hybridized carbons (Fsp3) is 0.0625. The van der Waals surface area contributed by atoms with Crippen molar-refractivity contribution in [1.29, 1.82) is 0 Å². The molecule has 3 rings (SSSR count). The predicted octanol–water partition coefficient (Wildman–Crippen LogP) is 3.41. The summed E-state index contributed by atoms with van der Waals surface area (Å²) in [5.41, 5.74) is -0.0274. The van der Waals surface area contributed by atoms with Crippen molar-refractivity contribution in [2.24, 2.45) is 0 Å². The number of halogens is 2. The van der Waals surface area contributed by atoms with Gasteiger partial charge >= 0.3 is 11.7 Å². The van der Waals surface area contributed by atoms with Crippen LogP contribution in [0.4, 0.5) is 14.5 Å². The third-order valence-corrected chi connectivity index (χ3v) is 3.47. The maximum absolute atomic E-state index is 13.6. The largest absolute Gasteiger partial charge is 0.442 e. The number of carbonyl (C=O) groups is 1. The van der Waals surface area contributed by atoms with Gasteiger partial charge in [0.05, 0.1) is 22.4 Å². The monoisotopic (exact) mass is 332 g/mol. The van der Waals surface area contributed by atoms with E-state index in [1.165, 1.54) is 6.07 Å². The smallest absolute Gasteiger partial charge is 0.339 e. The Labute approximate surface area is 134 Å². The topological polar surface area (TPSA) is 81.5 Å². The third kappa shape index (κ3) is 2.81. The predicted molar refractivity (Wildman–Crippen MR) is 79.7 cm³/mol. The Morgan fingerprint density at radius 1 is 1.25 bits per heavy atom. The molecule has 0 aromatic heterocycles. The minimum atomic E-state index is -1.21. The normalized spacial score (nSPS) is 16.5. The van der Waals surface area contributed by atoms with Crippen LogP contribution >= 0.6 is 0 Å². The number of esters is 1. The van der Waals surface area contributed by atoms with Gasteiger partial charge in [-0.15, -0.1) is 0 Å². The highest BCUT2D eigenvalue weighted by molar-refractivity contribution is 5.94. The van der Waals surface area contributed by atoms with Crippen molar-refractivity contribution in [2.75, 3.05) is 5.32 Å². The van der Waals surface area contributed by atoms with Crippen LogP contribution in [-0.4, -0.2) is 10.9 Å². The molecule has 1 aliphatic heterocycles. The summed E-state index contributed by atoms with van der Waals surface area (Å²) >= 11 is 0. The van der Waals surface area contributed by atoms with Crippen LogP contribution in [0.5, 0.6) is 0 Å². The number of nitrogens with one attached hydrogen (secondary N) is 1. The first-order valence-corrected chi connectivity index (χ1v) is 6.83. The second-order valence-corrected chi connectivity index (χ2v) is 4.97. The molecule has 0 bridgehead atoms. The van der Waals surface area contributed by atoms with Crippen molar-refractivity contribution in [3.8, 4) is 0 Å². The third-order valence-electron chi connectivity index (χ3n) is 3.47.